The zero-order valence-corrected chi connectivity index (χ0v) is 13.2. The van der Waals surface area contributed by atoms with Crippen LogP contribution in [0.4, 0.5) is 4.39 Å². The molecular weight excluding hydrogens is 355 g/mol. The summed E-state index contributed by atoms with van der Waals surface area (Å²) in [7, 11) is 0. The average molecular weight is 365 g/mol. The first kappa shape index (κ1) is 14.3. The first-order valence-corrected chi connectivity index (χ1v) is 7.96. The molecule has 1 aromatic heterocycles. The van der Waals surface area contributed by atoms with Gasteiger partial charge in [-0.3, -0.25) is 0 Å². The van der Waals surface area contributed by atoms with E-state index in [1.165, 1.54) is 17.8 Å². The maximum absolute atomic E-state index is 13.5. The molecule has 106 valence electrons. The van der Waals surface area contributed by atoms with E-state index in [1.807, 2.05) is 24.3 Å². The van der Waals surface area contributed by atoms with Crippen molar-refractivity contribution in [1.29, 1.82) is 0 Å². The topological polar surface area (TPSA) is 38.9 Å². The Morgan fingerprint density at radius 2 is 1.81 bits per heavy atom. The third kappa shape index (κ3) is 3.33. The molecule has 0 fully saturated rings. The van der Waals surface area contributed by atoms with Crippen molar-refractivity contribution in [3.8, 4) is 11.5 Å². The van der Waals surface area contributed by atoms with Gasteiger partial charge in [0.15, 0.2) is 0 Å². The van der Waals surface area contributed by atoms with Crippen LogP contribution in [0.25, 0.3) is 11.5 Å². The van der Waals surface area contributed by atoms with Gasteiger partial charge in [-0.05, 0) is 39.7 Å². The summed E-state index contributed by atoms with van der Waals surface area (Å²) in [6.45, 7) is 0. The Balaban J connectivity index is 1.74. The molecule has 0 radical (unpaired) electrons. The highest BCUT2D eigenvalue weighted by molar-refractivity contribution is 9.10. The van der Waals surface area contributed by atoms with Gasteiger partial charge in [0.1, 0.15) is 5.82 Å². The maximum atomic E-state index is 13.5. The molecule has 0 aliphatic heterocycles. The van der Waals surface area contributed by atoms with Gasteiger partial charge < -0.3 is 4.42 Å². The molecule has 0 amide bonds. The predicted molar refractivity (Wildman–Crippen MR) is 83.4 cm³/mol. The molecule has 0 saturated carbocycles. The van der Waals surface area contributed by atoms with Crippen LogP contribution >= 0.6 is 27.7 Å². The lowest BCUT2D eigenvalue weighted by Gasteiger charge is -1.99. The monoisotopic (exact) mass is 364 g/mol. The summed E-state index contributed by atoms with van der Waals surface area (Å²) < 4.78 is 20.0. The Morgan fingerprint density at radius 1 is 1.05 bits per heavy atom. The first-order chi connectivity index (χ1) is 10.2. The fraction of sp³-hybridized carbons (Fsp3) is 0.0667. The van der Waals surface area contributed by atoms with Crippen molar-refractivity contribution in [1.82, 2.24) is 10.2 Å². The number of aromatic nitrogens is 2. The lowest BCUT2D eigenvalue weighted by Crippen LogP contribution is -1.86. The van der Waals surface area contributed by atoms with E-state index in [1.54, 1.807) is 18.2 Å². The molecule has 6 heteroatoms. The molecule has 0 aliphatic rings. The van der Waals surface area contributed by atoms with E-state index in [2.05, 4.69) is 26.1 Å². The van der Waals surface area contributed by atoms with Crippen molar-refractivity contribution in [3.63, 3.8) is 0 Å². The smallest absolute Gasteiger partial charge is 0.277 e. The molecule has 3 nitrogen and oxygen atoms in total. The van der Waals surface area contributed by atoms with Crippen LogP contribution in [0.1, 0.15) is 5.56 Å². The third-order valence-electron chi connectivity index (χ3n) is 2.82. The Bertz CT molecular complexity index is 763. The number of thioether (sulfide) groups is 1. The van der Waals surface area contributed by atoms with E-state index in [-0.39, 0.29) is 5.82 Å². The lowest BCUT2D eigenvalue weighted by molar-refractivity contribution is 0.465. The molecule has 0 spiro atoms. The van der Waals surface area contributed by atoms with E-state index in [9.17, 15) is 4.39 Å². The quantitative estimate of drug-likeness (QED) is 0.615. The predicted octanol–water partition coefficient (Wildman–Crippen LogP) is 4.93. The highest BCUT2D eigenvalue weighted by Gasteiger charge is 2.12. The van der Waals surface area contributed by atoms with Gasteiger partial charge in [0.2, 0.25) is 5.89 Å². The number of benzene rings is 2. The van der Waals surface area contributed by atoms with Crippen molar-refractivity contribution in [2.75, 3.05) is 0 Å². The van der Waals surface area contributed by atoms with E-state index >= 15 is 0 Å². The number of hydrogen-bond donors (Lipinski definition) is 0. The summed E-state index contributed by atoms with van der Waals surface area (Å²) in [5.41, 5.74) is 1.45. The van der Waals surface area contributed by atoms with Crippen LogP contribution in [-0.2, 0) is 5.75 Å². The van der Waals surface area contributed by atoms with Gasteiger partial charge in [0, 0.05) is 10.2 Å². The van der Waals surface area contributed by atoms with Crippen molar-refractivity contribution in [2.24, 2.45) is 0 Å². The van der Waals surface area contributed by atoms with Crippen LogP contribution in [0.15, 0.2) is 62.6 Å². The third-order valence-corrected chi connectivity index (χ3v) is 4.38. The Labute approximate surface area is 133 Å². The molecule has 21 heavy (non-hydrogen) atoms. The second-order valence-electron chi connectivity index (χ2n) is 4.23. The van der Waals surface area contributed by atoms with Crippen LogP contribution in [-0.4, -0.2) is 10.2 Å². The van der Waals surface area contributed by atoms with Crippen LogP contribution in [0.3, 0.4) is 0 Å². The molecule has 2 aromatic carbocycles. The Hall–Kier alpha value is -1.66. The standard InChI is InChI=1S/C15H10BrFN2OS/c16-12-7-3-2-6-11(12)14-18-19-15(20-14)21-9-10-5-1-4-8-13(10)17/h1-8H,9H2. The lowest BCUT2D eigenvalue weighted by atomic mass is 10.2. The van der Waals surface area contributed by atoms with Gasteiger partial charge >= 0.3 is 0 Å². The maximum Gasteiger partial charge on any atom is 0.277 e. The molecule has 3 aromatic rings. The molecule has 3 rings (SSSR count). The minimum absolute atomic E-state index is 0.226. The summed E-state index contributed by atoms with van der Waals surface area (Å²) >= 11 is 4.76. The van der Waals surface area contributed by atoms with Crippen molar-refractivity contribution in [3.05, 3.63) is 64.4 Å². The summed E-state index contributed by atoms with van der Waals surface area (Å²) in [5.74, 6) is 0.665. The molecule has 0 atom stereocenters. The van der Waals surface area contributed by atoms with Gasteiger partial charge in [-0.25, -0.2) is 4.39 Å². The van der Waals surface area contributed by atoms with Gasteiger partial charge in [-0.15, -0.1) is 10.2 Å². The average Bonchev–Trinajstić information content (AvgIpc) is 2.96. The summed E-state index contributed by atoms with van der Waals surface area (Å²) in [4.78, 5) is 0. The Morgan fingerprint density at radius 3 is 2.62 bits per heavy atom. The van der Waals surface area contributed by atoms with Crippen LogP contribution in [0.5, 0.6) is 0 Å². The molecule has 0 N–H and O–H groups in total. The van der Waals surface area contributed by atoms with Gasteiger partial charge in [-0.1, -0.05) is 42.1 Å². The minimum Gasteiger partial charge on any atom is -0.411 e. The zero-order valence-electron chi connectivity index (χ0n) is 10.8. The Kier molecular flexibility index (Phi) is 4.36. The molecular formula is C15H10BrFN2OS. The second kappa shape index (κ2) is 6.41. The first-order valence-electron chi connectivity index (χ1n) is 6.18. The fourth-order valence-electron chi connectivity index (χ4n) is 1.77. The van der Waals surface area contributed by atoms with Crippen LogP contribution in [0.2, 0.25) is 0 Å². The molecule has 1 heterocycles. The largest absolute Gasteiger partial charge is 0.411 e. The van der Waals surface area contributed by atoms with Gasteiger partial charge in [0.25, 0.3) is 5.22 Å². The van der Waals surface area contributed by atoms with E-state index < -0.39 is 0 Å². The molecule has 0 saturated heterocycles. The normalized spacial score (nSPS) is 10.8. The molecule has 0 unspecified atom stereocenters. The highest BCUT2D eigenvalue weighted by Crippen LogP contribution is 2.30. The van der Waals surface area contributed by atoms with Crippen LogP contribution < -0.4 is 0 Å². The molecule has 0 aliphatic carbocycles. The van der Waals surface area contributed by atoms with Gasteiger partial charge in [0.05, 0.1) is 5.56 Å². The van der Waals surface area contributed by atoms with E-state index in [0.717, 1.165) is 10.0 Å². The number of rotatable bonds is 4. The summed E-state index contributed by atoms with van der Waals surface area (Å²) in [6, 6.07) is 14.3. The SMILES string of the molecule is Fc1ccccc1CSc1nnc(-c2ccccc2Br)o1. The summed E-state index contributed by atoms with van der Waals surface area (Å²) in [6.07, 6.45) is 0. The number of nitrogens with zero attached hydrogens (tertiary/aromatic N) is 2. The van der Waals surface area contributed by atoms with E-state index in [4.69, 9.17) is 4.42 Å². The second-order valence-corrected chi connectivity index (χ2v) is 6.01. The fourth-order valence-corrected chi connectivity index (χ4v) is 2.97. The number of hydrogen-bond acceptors (Lipinski definition) is 4. The van der Waals surface area contributed by atoms with Gasteiger partial charge in [-0.2, -0.15) is 0 Å². The van der Waals surface area contributed by atoms with Crippen molar-refractivity contribution < 1.29 is 8.81 Å². The number of halogens is 2. The minimum atomic E-state index is -0.226. The highest BCUT2D eigenvalue weighted by atomic mass is 79.9. The van der Waals surface area contributed by atoms with E-state index in [0.29, 0.717) is 22.4 Å². The molecule has 0 bridgehead atoms. The van der Waals surface area contributed by atoms with Crippen molar-refractivity contribution >= 4 is 27.7 Å². The van der Waals surface area contributed by atoms with Crippen molar-refractivity contribution in [2.45, 2.75) is 11.0 Å². The summed E-state index contributed by atoms with van der Waals surface area (Å²) in [5, 5.41) is 8.42. The van der Waals surface area contributed by atoms with Crippen LogP contribution in [0, 0.1) is 5.82 Å². The zero-order chi connectivity index (χ0) is 14.7.